The number of carbonyl (C=O) groups excluding carboxylic acids is 1. The number of benzene rings is 2. The number of nitrogens with one attached hydrogen (secondary N) is 1. The molecule has 3 aromatic rings. The first-order valence-electron chi connectivity index (χ1n) is 10.9. The minimum absolute atomic E-state index is 0.0994. The molecule has 0 radical (unpaired) electrons. The standard InChI is InChI=1S/C26H27ClN2O2S/c1-4-31-22-10-9-19(27)14-18(22)15-28-26-24(21-7-5-6-8-23(21)32-26)25(30)29-20-12-16(2)11-17(3)13-20/h9-15H,4-8H2,1-3H3,(H,29,30). The van der Waals surface area contributed by atoms with Gasteiger partial charge in [0.1, 0.15) is 10.8 Å². The van der Waals surface area contributed by atoms with Crippen molar-refractivity contribution in [2.24, 2.45) is 4.99 Å². The van der Waals surface area contributed by atoms with Crippen molar-refractivity contribution in [2.45, 2.75) is 46.5 Å². The van der Waals surface area contributed by atoms with Gasteiger partial charge in [-0.25, -0.2) is 4.99 Å². The number of carbonyl (C=O) groups is 1. The highest BCUT2D eigenvalue weighted by Crippen LogP contribution is 2.40. The van der Waals surface area contributed by atoms with Crippen molar-refractivity contribution in [3.8, 4) is 5.75 Å². The van der Waals surface area contributed by atoms with E-state index in [4.69, 9.17) is 21.3 Å². The molecule has 0 fully saturated rings. The first-order valence-corrected chi connectivity index (χ1v) is 12.1. The summed E-state index contributed by atoms with van der Waals surface area (Å²) in [5.74, 6) is 0.626. The Morgan fingerprint density at radius 3 is 2.66 bits per heavy atom. The van der Waals surface area contributed by atoms with E-state index in [1.54, 1.807) is 23.6 Å². The molecule has 0 atom stereocenters. The number of ether oxygens (including phenoxy) is 1. The van der Waals surface area contributed by atoms with Crippen LogP contribution in [0.15, 0.2) is 41.4 Å². The highest BCUT2D eigenvalue weighted by Gasteiger charge is 2.25. The number of halogens is 1. The van der Waals surface area contributed by atoms with Crippen LogP contribution in [-0.4, -0.2) is 18.7 Å². The number of fused-ring (bicyclic) bond motifs is 1. The highest BCUT2D eigenvalue weighted by atomic mass is 35.5. The van der Waals surface area contributed by atoms with E-state index >= 15 is 0 Å². The first-order chi connectivity index (χ1) is 15.4. The van der Waals surface area contributed by atoms with Gasteiger partial charge in [-0.3, -0.25) is 4.79 Å². The minimum atomic E-state index is -0.0994. The van der Waals surface area contributed by atoms with Gasteiger partial charge in [-0.1, -0.05) is 17.7 Å². The summed E-state index contributed by atoms with van der Waals surface area (Å²) in [6.07, 6.45) is 5.91. The van der Waals surface area contributed by atoms with Gasteiger partial charge in [-0.2, -0.15) is 0 Å². The van der Waals surface area contributed by atoms with Gasteiger partial charge >= 0.3 is 0 Å². The third-order valence-electron chi connectivity index (χ3n) is 5.45. The van der Waals surface area contributed by atoms with Crippen LogP contribution in [-0.2, 0) is 12.8 Å². The SMILES string of the molecule is CCOc1ccc(Cl)cc1C=Nc1sc2c(c1C(=O)Nc1cc(C)cc(C)c1)CCCC2. The molecule has 1 amide bonds. The van der Waals surface area contributed by atoms with E-state index < -0.39 is 0 Å². The molecule has 1 aliphatic carbocycles. The maximum absolute atomic E-state index is 13.4. The average Bonchev–Trinajstić information content (AvgIpc) is 3.11. The smallest absolute Gasteiger partial charge is 0.259 e. The lowest BCUT2D eigenvalue weighted by atomic mass is 9.95. The van der Waals surface area contributed by atoms with E-state index in [0.29, 0.717) is 17.2 Å². The van der Waals surface area contributed by atoms with Crippen LogP contribution in [0.2, 0.25) is 5.02 Å². The van der Waals surface area contributed by atoms with Crippen LogP contribution in [0.25, 0.3) is 0 Å². The molecule has 1 aromatic heterocycles. The van der Waals surface area contributed by atoms with Crippen molar-refractivity contribution in [1.82, 2.24) is 0 Å². The lowest BCUT2D eigenvalue weighted by Crippen LogP contribution is -2.15. The lowest BCUT2D eigenvalue weighted by molar-refractivity contribution is 0.102. The van der Waals surface area contributed by atoms with Crippen LogP contribution in [0.1, 0.15) is 57.3 Å². The van der Waals surface area contributed by atoms with Crippen molar-refractivity contribution in [3.63, 3.8) is 0 Å². The Labute approximate surface area is 198 Å². The molecular formula is C26H27ClN2O2S. The molecule has 0 aliphatic heterocycles. The van der Waals surface area contributed by atoms with Gasteiger partial charge in [0.2, 0.25) is 0 Å². The van der Waals surface area contributed by atoms with Gasteiger partial charge in [0.15, 0.2) is 0 Å². The van der Waals surface area contributed by atoms with Gasteiger partial charge in [-0.15, -0.1) is 11.3 Å². The number of anilines is 1. The van der Waals surface area contributed by atoms with Gasteiger partial charge < -0.3 is 10.1 Å². The van der Waals surface area contributed by atoms with Crippen LogP contribution in [0.5, 0.6) is 5.75 Å². The van der Waals surface area contributed by atoms with Gasteiger partial charge in [0.25, 0.3) is 5.91 Å². The molecule has 0 saturated heterocycles. The van der Waals surface area contributed by atoms with Crippen LogP contribution < -0.4 is 10.1 Å². The predicted octanol–water partition coefficient (Wildman–Crippen LogP) is 7.30. The maximum Gasteiger partial charge on any atom is 0.259 e. The summed E-state index contributed by atoms with van der Waals surface area (Å²) in [6, 6.07) is 11.6. The second-order valence-corrected chi connectivity index (χ2v) is 9.61. The zero-order valence-electron chi connectivity index (χ0n) is 18.6. The number of aryl methyl sites for hydroxylation is 3. The Morgan fingerprint density at radius 2 is 1.91 bits per heavy atom. The van der Waals surface area contributed by atoms with E-state index in [9.17, 15) is 4.79 Å². The molecule has 4 nitrogen and oxygen atoms in total. The molecule has 6 heteroatoms. The molecule has 0 unspecified atom stereocenters. The van der Waals surface area contributed by atoms with Crippen LogP contribution >= 0.6 is 22.9 Å². The Balaban J connectivity index is 1.71. The highest BCUT2D eigenvalue weighted by molar-refractivity contribution is 7.16. The van der Waals surface area contributed by atoms with Gasteiger partial charge in [-0.05, 0) is 93.5 Å². The lowest BCUT2D eigenvalue weighted by Gasteiger charge is -2.13. The number of amides is 1. The second kappa shape index (κ2) is 9.88. The quantitative estimate of drug-likeness (QED) is 0.387. The first kappa shape index (κ1) is 22.6. The Morgan fingerprint density at radius 1 is 1.16 bits per heavy atom. The molecule has 32 heavy (non-hydrogen) atoms. The number of hydrogen-bond donors (Lipinski definition) is 1. The van der Waals surface area contributed by atoms with Gasteiger partial charge in [0.05, 0.1) is 12.2 Å². The fraction of sp³-hybridized carbons (Fsp3) is 0.308. The summed E-state index contributed by atoms with van der Waals surface area (Å²) < 4.78 is 5.72. The summed E-state index contributed by atoms with van der Waals surface area (Å²) in [6.45, 7) is 6.56. The number of nitrogens with zero attached hydrogens (tertiary/aromatic N) is 1. The van der Waals surface area contributed by atoms with Crippen molar-refractivity contribution in [3.05, 3.63) is 74.1 Å². The average molecular weight is 467 g/mol. The van der Waals surface area contributed by atoms with Crippen molar-refractivity contribution in [2.75, 3.05) is 11.9 Å². The Hall–Kier alpha value is -2.63. The molecule has 4 rings (SSSR count). The molecule has 166 valence electrons. The van der Waals surface area contributed by atoms with E-state index in [2.05, 4.69) is 11.4 Å². The summed E-state index contributed by atoms with van der Waals surface area (Å²) in [5.41, 5.74) is 5.69. The Bertz CT molecular complexity index is 1160. The number of hydrogen-bond acceptors (Lipinski definition) is 4. The molecule has 1 aliphatic rings. The summed E-state index contributed by atoms with van der Waals surface area (Å²) >= 11 is 7.82. The molecule has 0 spiro atoms. The van der Waals surface area contributed by atoms with Gasteiger partial charge in [0, 0.05) is 27.4 Å². The largest absolute Gasteiger partial charge is 0.493 e. The molecule has 1 heterocycles. The molecular weight excluding hydrogens is 440 g/mol. The van der Waals surface area contributed by atoms with Crippen LogP contribution in [0.3, 0.4) is 0 Å². The Kier molecular flexibility index (Phi) is 6.97. The summed E-state index contributed by atoms with van der Waals surface area (Å²) in [4.78, 5) is 19.4. The second-order valence-electron chi connectivity index (χ2n) is 8.09. The van der Waals surface area contributed by atoms with E-state index in [-0.39, 0.29) is 5.91 Å². The fourth-order valence-electron chi connectivity index (χ4n) is 4.15. The normalized spacial score (nSPS) is 13.2. The van der Waals surface area contributed by atoms with Crippen LogP contribution in [0.4, 0.5) is 10.7 Å². The molecule has 0 saturated carbocycles. The molecule has 2 aromatic carbocycles. The zero-order chi connectivity index (χ0) is 22.7. The molecule has 1 N–H and O–H groups in total. The third kappa shape index (κ3) is 5.05. The zero-order valence-corrected chi connectivity index (χ0v) is 20.2. The van der Waals surface area contributed by atoms with E-state index in [1.807, 2.05) is 45.0 Å². The third-order valence-corrected chi connectivity index (χ3v) is 6.89. The maximum atomic E-state index is 13.4. The fourth-order valence-corrected chi connectivity index (χ4v) is 5.56. The summed E-state index contributed by atoms with van der Waals surface area (Å²) in [5, 5.41) is 4.46. The van der Waals surface area contributed by atoms with Crippen molar-refractivity contribution >= 4 is 45.7 Å². The van der Waals surface area contributed by atoms with E-state index in [1.165, 1.54) is 4.88 Å². The molecule has 0 bridgehead atoms. The minimum Gasteiger partial charge on any atom is -0.493 e. The monoisotopic (exact) mass is 466 g/mol. The van der Waals surface area contributed by atoms with Crippen LogP contribution in [0, 0.1) is 13.8 Å². The number of thiophene rings is 1. The van der Waals surface area contributed by atoms with E-state index in [0.717, 1.165) is 64.4 Å². The number of aliphatic imine (C=N–C) groups is 1. The number of rotatable bonds is 6. The summed E-state index contributed by atoms with van der Waals surface area (Å²) in [7, 11) is 0. The van der Waals surface area contributed by atoms with Crippen molar-refractivity contribution in [1.29, 1.82) is 0 Å². The topological polar surface area (TPSA) is 50.7 Å². The van der Waals surface area contributed by atoms with Crippen molar-refractivity contribution < 1.29 is 9.53 Å². The predicted molar refractivity (Wildman–Crippen MR) is 135 cm³/mol.